The summed E-state index contributed by atoms with van der Waals surface area (Å²) in [6, 6.07) is 6.15. The third-order valence-corrected chi connectivity index (χ3v) is 5.21. The summed E-state index contributed by atoms with van der Waals surface area (Å²) in [5.41, 5.74) is 3.18. The Kier molecular flexibility index (Phi) is 4.50. The number of rotatable bonds is 4. The van der Waals surface area contributed by atoms with Crippen LogP contribution < -0.4 is 0 Å². The molecule has 1 saturated carbocycles. The molecular weight excluding hydrogens is 240 g/mol. The lowest BCUT2D eigenvalue weighted by Crippen LogP contribution is -2.18. The molecule has 1 aliphatic carbocycles. The zero-order valence-electron chi connectivity index (χ0n) is 11.5. The lowest BCUT2D eigenvalue weighted by atomic mass is 10.0. The van der Waals surface area contributed by atoms with Crippen LogP contribution in [0.4, 0.5) is 0 Å². The average molecular weight is 262 g/mol. The number of carbonyl (C=O) groups excluding carboxylic acids is 1. The van der Waals surface area contributed by atoms with Crippen molar-refractivity contribution in [3.8, 4) is 0 Å². The monoisotopic (exact) mass is 262 g/mol. The largest absolute Gasteiger partial charge is 0.293 e. The van der Waals surface area contributed by atoms with Crippen molar-refractivity contribution in [1.29, 1.82) is 0 Å². The van der Waals surface area contributed by atoms with Gasteiger partial charge in [-0.05, 0) is 45.2 Å². The van der Waals surface area contributed by atoms with E-state index in [1.54, 1.807) is 0 Å². The fraction of sp³-hybridized carbons (Fsp3) is 0.562. The van der Waals surface area contributed by atoms with E-state index in [1.807, 2.05) is 31.7 Å². The van der Waals surface area contributed by atoms with Crippen LogP contribution in [0.3, 0.4) is 0 Å². The molecule has 1 aliphatic rings. The van der Waals surface area contributed by atoms with Gasteiger partial charge in [0.2, 0.25) is 0 Å². The van der Waals surface area contributed by atoms with Crippen molar-refractivity contribution in [3.63, 3.8) is 0 Å². The van der Waals surface area contributed by atoms with Gasteiger partial charge in [-0.15, -0.1) is 11.8 Å². The lowest BCUT2D eigenvalue weighted by Gasteiger charge is -2.16. The number of Topliss-reactive ketones (excluding diaryl/α,β-unsaturated/α-hetero) is 1. The number of hydrogen-bond acceptors (Lipinski definition) is 2. The summed E-state index contributed by atoms with van der Waals surface area (Å²) in [4.78, 5) is 12.5. The highest BCUT2D eigenvalue weighted by atomic mass is 32.2. The van der Waals surface area contributed by atoms with Crippen LogP contribution >= 0.6 is 11.8 Å². The Labute approximate surface area is 114 Å². The first-order valence-corrected chi connectivity index (χ1v) is 7.79. The lowest BCUT2D eigenvalue weighted by molar-refractivity contribution is 0.0993. The number of carbonyl (C=O) groups is 1. The molecule has 98 valence electrons. The quantitative estimate of drug-likeness (QED) is 0.740. The van der Waals surface area contributed by atoms with Gasteiger partial charge in [0.05, 0.1) is 5.25 Å². The highest BCUT2D eigenvalue weighted by Gasteiger charge is 2.23. The Morgan fingerprint density at radius 2 is 1.94 bits per heavy atom. The summed E-state index contributed by atoms with van der Waals surface area (Å²) in [5, 5.41) is 0.794. The zero-order chi connectivity index (χ0) is 13.1. The van der Waals surface area contributed by atoms with Crippen LogP contribution in [0.15, 0.2) is 18.2 Å². The second-order valence-electron chi connectivity index (χ2n) is 5.37. The van der Waals surface area contributed by atoms with Gasteiger partial charge in [-0.1, -0.05) is 30.5 Å². The van der Waals surface area contributed by atoms with E-state index in [0.717, 1.165) is 11.1 Å². The van der Waals surface area contributed by atoms with Gasteiger partial charge in [0, 0.05) is 10.8 Å². The SMILES string of the molecule is Cc1ccc(C)c(C(=O)C(C)SC2CCCC2)c1. The number of ketones is 1. The van der Waals surface area contributed by atoms with Gasteiger partial charge < -0.3 is 0 Å². The smallest absolute Gasteiger partial charge is 0.175 e. The minimum Gasteiger partial charge on any atom is -0.293 e. The Morgan fingerprint density at radius 1 is 1.28 bits per heavy atom. The van der Waals surface area contributed by atoms with Crippen LogP contribution in [0, 0.1) is 13.8 Å². The van der Waals surface area contributed by atoms with E-state index < -0.39 is 0 Å². The average Bonchev–Trinajstić information content (AvgIpc) is 2.84. The molecule has 1 atom stereocenters. The maximum Gasteiger partial charge on any atom is 0.175 e. The molecule has 0 heterocycles. The van der Waals surface area contributed by atoms with Crippen molar-refractivity contribution in [3.05, 3.63) is 34.9 Å². The molecule has 1 nitrogen and oxygen atoms in total. The second kappa shape index (κ2) is 5.92. The van der Waals surface area contributed by atoms with Crippen molar-refractivity contribution < 1.29 is 4.79 Å². The molecule has 18 heavy (non-hydrogen) atoms. The number of aryl methyl sites for hydroxylation is 2. The normalized spacial score (nSPS) is 17.9. The summed E-state index contributed by atoms with van der Waals surface area (Å²) in [6.45, 7) is 6.14. The van der Waals surface area contributed by atoms with Crippen molar-refractivity contribution in [2.24, 2.45) is 0 Å². The van der Waals surface area contributed by atoms with Gasteiger partial charge in [0.15, 0.2) is 5.78 Å². The van der Waals surface area contributed by atoms with Crippen molar-refractivity contribution in [1.82, 2.24) is 0 Å². The first-order valence-electron chi connectivity index (χ1n) is 6.85. The van der Waals surface area contributed by atoms with E-state index in [9.17, 15) is 4.79 Å². The van der Waals surface area contributed by atoms with Crippen LogP contribution in [0.5, 0.6) is 0 Å². The minimum absolute atomic E-state index is 0.0913. The summed E-state index contributed by atoms with van der Waals surface area (Å²) < 4.78 is 0. The van der Waals surface area contributed by atoms with Crippen LogP contribution in [-0.4, -0.2) is 16.3 Å². The van der Waals surface area contributed by atoms with Gasteiger partial charge in [-0.3, -0.25) is 4.79 Å². The van der Waals surface area contributed by atoms with Crippen molar-refractivity contribution in [2.75, 3.05) is 0 Å². The third-order valence-electron chi connectivity index (χ3n) is 3.73. The minimum atomic E-state index is 0.0913. The maximum absolute atomic E-state index is 12.5. The van der Waals surface area contributed by atoms with E-state index in [4.69, 9.17) is 0 Å². The standard InChI is InChI=1S/C16H22OS/c1-11-8-9-12(2)15(10-11)16(17)13(3)18-14-6-4-5-7-14/h8-10,13-14H,4-7H2,1-3H3. The van der Waals surface area contributed by atoms with Gasteiger partial charge in [-0.2, -0.15) is 0 Å². The zero-order valence-corrected chi connectivity index (χ0v) is 12.3. The van der Waals surface area contributed by atoms with E-state index in [2.05, 4.69) is 19.1 Å². The second-order valence-corrected chi connectivity index (χ2v) is 7.01. The Hall–Kier alpha value is -0.760. The van der Waals surface area contributed by atoms with Crippen LogP contribution in [0.25, 0.3) is 0 Å². The molecule has 0 bridgehead atoms. The summed E-state index contributed by atoms with van der Waals surface area (Å²) >= 11 is 1.88. The molecule has 0 aliphatic heterocycles. The highest BCUT2D eigenvalue weighted by molar-refractivity contribution is 8.01. The molecular formula is C16H22OS. The van der Waals surface area contributed by atoms with Crippen LogP contribution in [-0.2, 0) is 0 Å². The van der Waals surface area contributed by atoms with Gasteiger partial charge in [-0.25, -0.2) is 0 Å². The number of thioether (sulfide) groups is 1. The van der Waals surface area contributed by atoms with E-state index in [1.165, 1.54) is 31.2 Å². The first kappa shape index (κ1) is 13.7. The fourth-order valence-electron chi connectivity index (χ4n) is 2.60. The van der Waals surface area contributed by atoms with Gasteiger partial charge in [0.25, 0.3) is 0 Å². The van der Waals surface area contributed by atoms with E-state index in [-0.39, 0.29) is 5.25 Å². The fourth-order valence-corrected chi connectivity index (χ4v) is 4.03. The first-order chi connectivity index (χ1) is 8.58. The molecule has 1 aromatic carbocycles. The Balaban J connectivity index is 2.07. The molecule has 1 unspecified atom stereocenters. The van der Waals surface area contributed by atoms with Crippen molar-refractivity contribution >= 4 is 17.5 Å². The van der Waals surface area contributed by atoms with Crippen molar-refractivity contribution in [2.45, 2.75) is 57.0 Å². The Bertz CT molecular complexity index is 433. The molecule has 0 radical (unpaired) electrons. The third kappa shape index (κ3) is 3.17. The summed E-state index contributed by atoms with van der Waals surface area (Å²) in [5.74, 6) is 0.299. The predicted molar refractivity (Wildman–Crippen MR) is 79.6 cm³/mol. The molecule has 1 aromatic rings. The number of benzene rings is 1. The van der Waals surface area contributed by atoms with E-state index in [0.29, 0.717) is 11.0 Å². The molecule has 0 amide bonds. The molecule has 0 aromatic heterocycles. The maximum atomic E-state index is 12.5. The molecule has 2 rings (SSSR count). The molecule has 0 spiro atoms. The van der Waals surface area contributed by atoms with Gasteiger partial charge in [0.1, 0.15) is 0 Å². The number of hydrogen-bond donors (Lipinski definition) is 0. The van der Waals surface area contributed by atoms with Crippen LogP contribution in [0.1, 0.15) is 54.1 Å². The molecule has 0 N–H and O–H groups in total. The Morgan fingerprint density at radius 3 is 2.61 bits per heavy atom. The summed E-state index contributed by atoms with van der Waals surface area (Å²) in [6.07, 6.45) is 5.24. The highest BCUT2D eigenvalue weighted by Crippen LogP contribution is 2.33. The summed E-state index contributed by atoms with van der Waals surface area (Å²) in [7, 11) is 0. The van der Waals surface area contributed by atoms with Crippen LogP contribution in [0.2, 0.25) is 0 Å². The molecule has 1 fully saturated rings. The topological polar surface area (TPSA) is 17.1 Å². The molecule has 2 heteroatoms. The van der Waals surface area contributed by atoms with E-state index >= 15 is 0 Å². The molecule has 0 saturated heterocycles. The predicted octanol–water partition coefficient (Wildman–Crippen LogP) is 4.55. The van der Waals surface area contributed by atoms with Gasteiger partial charge >= 0.3 is 0 Å².